The molecule has 2 aromatic rings. The van der Waals surface area contributed by atoms with Gasteiger partial charge in [-0.05, 0) is 19.2 Å². The van der Waals surface area contributed by atoms with Crippen LogP contribution in [0.1, 0.15) is 5.56 Å². The average molecular weight is 326 g/mol. The van der Waals surface area contributed by atoms with Gasteiger partial charge in [0.15, 0.2) is 0 Å². The molecule has 0 aliphatic carbocycles. The van der Waals surface area contributed by atoms with Gasteiger partial charge in [-0.1, -0.05) is 12.1 Å². The number of nitrogen functional groups attached to an aromatic ring is 1. The molecule has 0 bridgehead atoms. The molecule has 0 unspecified atom stereocenters. The summed E-state index contributed by atoms with van der Waals surface area (Å²) in [4.78, 5) is 14.5. The molecule has 1 aromatic heterocycles. The Kier molecular flexibility index (Phi) is 4.46. The molecule has 1 atom stereocenters. The first-order valence-corrected chi connectivity index (χ1v) is 7.54. The number of para-hydroxylation sites is 2. The molecular formula is C16H18N6O2. The fourth-order valence-electron chi connectivity index (χ4n) is 2.55. The van der Waals surface area contributed by atoms with E-state index in [9.17, 15) is 4.79 Å². The van der Waals surface area contributed by atoms with Crippen molar-refractivity contribution in [3.8, 4) is 11.8 Å². The lowest BCUT2D eigenvalue weighted by atomic mass is 10.2. The van der Waals surface area contributed by atoms with Gasteiger partial charge in [0, 0.05) is 13.1 Å². The molecule has 0 saturated carbocycles. The number of anilines is 2. The molecule has 2 heterocycles. The van der Waals surface area contributed by atoms with Crippen molar-refractivity contribution in [1.29, 1.82) is 5.26 Å². The predicted octanol–water partition coefficient (Wildman–Crippen LogP) is 0.595. The Morgan fingerprint density at radius 2 is 2.29 bits per heavy atom. The molecule has 3 rings (SSSR count). The second-order valence-corrected chi connectivity index (χ2v) is 5.60. The van der Waals surface area contributed by atoms with Crippen LogP contribution in [0.15, 0.2) is 30.5 Å². The number of nitrogens with zero attached hydrogens (tertiary/aromatic N) is 4. The normalized spacial score (nSPS) is 18.1. The molecule has 8 nitrogen and oxygen atoms in total. The van der Waals surface area contributed by atoms with Crippen molar-refractivity contribution in [2.24, 2.45) is 0 Å². The number of hydrogen-bond donors (Lipinski definition) is 2. The standard InChI is InChI=1S/C16H18N6O2/c1-21-6-7-24-14(10-21)16(23)20-12-4-2-3-5-13(12)22-15(18)11(8-17)9-19-22/h2-5,9,14H,6-7,10,18H2,1H3,(H,20,23)/t14-/m0/s1. The van der Waals surface area contributed by atoms with Crippen molar-refractivity contribution in [3.05, 3.63) is 36.0 Å². The van der Waals surface area contributed by atoms with Crippen molar-refractivity contribution in [1.82, 2.24) is 14.7 Å². The van der Waals surface area contributed by atoms with E-state index in [1.165, 1.54) is 10.9 Å². The topological polar surface area (TPSA) is 109 Å². The minimum Gasteiger partial charge on any atom is -0.382 e. The minimum atomic E-state index is -0.526. The van der Waals surface area contributed by atoms with Crippen LogP contribution in [0.4, 0.5) is 11.5 Å². The van der Waals surface area contributed by atoms with Gasteiger partial charge in [0.25, 0.3) is 5.91 Å². The van der Waals surface area contributed by atoms with Gasteiger partial charge >= 0.3 is 0 Å². The quantitative estimate of drug-likeness (QED) is 0.854. The van der Waals surface area contributed by atoms with E-state index in [0.717, 1.165) is 6.54 Å². The first kappa shape index (κ1) is 16.0. The maximum atomic E-state index is 12.5. The second kappa shape index (κ2) is 6.70. The fraction of sp³-hybridized carbons (Fsp3) is 0.312. The first-order valence-electron chi connectivity index (χ1n) is 7.54. The number of nitrogens with one attached hydrogen (secondary N) is 1. The number of amides is 1. The van der Waals surface area contributed by atoms with Crippen LogP contribution in [-0.2, 0) is 9.53 Å². The molecule has 1 aliphatic rings. The summed E-state index contributed by atoms with van der Waals surface area (Å²) in [5, 5.41) is 16.0. The number of rotatable bonds is 3. The van der Waals surface area contributed by atoms with Gasteiger partial charge in [-0.15, -0.1) is 0 Å². The summed E-state index contributed by atoms with van der Waals surface area (Å²) >= 11 is 0. The minimum absolute atomic E-state index is 0.222. The average Bonchev–Trinajstić information content (AvgIpc) is 2.96. The van der Waals surface area contributed by atoms with Crippen LogP contribution in [0.3, 0.4) is 0 Å². The molecule has 1 saturated heterocycles. The smallest absolute Gasteiger partial charge is 0.254 e. The number of aromatic nitrogens is 2. The predicted molar refractivity (Wildman–Crippen MR) is 88.6 cm³/mol. The second-order valence-electron chi connectivity index (χ2n) is 5.60. The lowest BCUT2D eigenvalue weighted by molar-refractivity contribution is -0.132. The summed E-state index contributed by atoms with van der Waals surface area (Å²) in [6.07, 6.45) is 0.870. The molecular weight excluding hydrogens is 308 g/mol. The van der Waals surface area contributed by atoms with Crippen LogP contribution in [0, 0.1) is 11.3 Å². The van der Waals surface area contributed by atoms with E-state index < -0.39 is 6.10 Å². The van der Waals surface area contributed by atoms with Crippen molar-refractivity contribution in [3.63, 3.8) is 0 Å². The summed E-state index contributed by atoms with van der Waals surface area (Å²) < 4.78 is 6.96. The maximum Gasteiger partial charge on any atom is 0.254 e. The third-order valence-electron chi connectivity index (χ3n) is 3.88. The highest BCUT2D eigenvalue weighted by Gasteiger charge is 2.25. The summed E-state index contributed by atoms with van der Waals surface area (Å²) in [5.74, 6) is 0.00748. The van der Waals surface area contributed by atoms with Crippen LogP contribution >= 0.6 is 0 Å². The number of likely N-dealkylation sites (N-methyl/N-ethyl adjacent to an activating group) is 1. The molecule has 24 heavy (non-hydrogen) atoms. The number of nitriles is 1. The zero-order valence-corrected chi connectivity index (χ0v) is 13.3. The molecule has 0 radical (unpaired) electrons. The highest BCUT2D eigenvalue weighted by Crippen LogP contribution is 2.24. The van der Waals surface area contributed by atoms with Crippen LogP contribution in [-0.4, -0.2) is 53.4 Å². The first-order chi connectivity index (χ1) is 11.6. The van der Waals surface area contributed by atoms with Gasteiger partial charge in [0.05, 0.1) is 24.2 Å². The zero-order valence-electron chi connectivity index (χ0n) is 13.3. The number of ether oxygens (including phenoxy) is 1. The maximum absolute atomic E-state index is 12.5. The van der Waals surface area contributed by atoms with Gasteiger partial charge in [0.1, 0.15) is 23.6 Å². The van der Waals surface area contributed by atoms with Gasteiger partial charge < -0.3 is 20.7 Å². The van der Waals surface area contributed by atoms with Crippen LogP contribution in [0.25, 0.3) is 5.69 Å². The molecule has 8 heteroatoms. The summed E-state index contributed by atoms with van der Waals surface area (Å²) in [6, 6.07) is 9.12. The SMILES string of the molecule is CN1CCO[C@H](C(=O)Nc2ccccc2-n2ncc(C#N)c2N)C1. The molecule has 1 fully saturated rings. The Balaban J connectivity index is 1.85. The molecule has 1 aliphatic heterocycles. The highest BCUT2D eigenvalue weighted by atomic mass is 16.5. The number of benzene rings is 1. The Morgan fingerprint density at radius 3 is 3.00 bits per heavy atom. The van der Waals surface area contributed by atoms with E-state index in [0.29, 0.717) is 24.5 Å². The molecule has 124 valence electrons. The van der Waals surface area contributed by atoms with Gasteiger partial charge in [-0.25, -0.2) is 4.68 Å². The number of nitrogens with two attached hydrogens (primary N) is 1. The highest BCUT2D eigenvalue weighted by molar-refractivity contribution is 5.96. The van der Waals surface area contributed by atoms with E-state index in [1.807, 2.05) is 24.1 Å². The molecule has 1 aromatic carbocycles. The van der Waals surface area contributed by atoms with Gasteiger partial charge in [-0.2, -0.15) is 10.4 Å². The van der Waals surface area contributed by atoms with Crippen molar-refractivity contribution in [2.75, 3.05) is 37.8 Å². The molecule has 1 amide bonds. The lowest BCUT2D eigenvalue weighted by Crippen LogP contribution is -2.46. The number of hydrogen-bond acceptors (Lipinski definition) is 6. The monoisotopic (exact) mass is 326 g/mol. The zero-order chi connectivity index (χ0) is 17.1. The van der Waals surface area contributed by atoms with E-state index >= 15 is 0 Å². The van der Waals surface area contributed by atoms with Gasteiger partial charge in [-0.3, -0.25) is 4.79 Å². The number of carbonyl (C=O) groups is 1. The van der Waals surface area contributed by atoms with Gasteiger partial charge in [0.2, 0.25) is 0 Å². The summed E-state index contributed by atoms with van der Waals surface area (Å²) in [5.41, 5.74) is 7.37. The van der Waals surface area contributed by atoms with E-state index in [2.05, 4.69) is 10.4 Å². The summed E-state index contributed by atoms with van der Waals surface area (Å²) in [6.45, 7) is 1.87. The van der Waals surface area contributed by atoms with E-state index in [1.54, 1.807) is 18.2 Å². The fourth-order valence-corrected chi connectivity index (χ4v) is 2.55. The number of morpholine rings is 1. The summed E-state index contributed by atoms with van der Waals surface area (Å²) in [7, 11) is 1.95. The molecule has 0 spiro atoms. The van der Waals surface area contributed by atoms with E-state index in [4.69, 9.17) is 15.7 Å². The van der Waals surface area contributed by atoms with Crippen molar-refractivity contribution in [2.45, 2.75) is 6.10 Å². The van der Waals surface area contributed by atoms with Crippen LogP contribution in [0.5, 0.6) is 0 Å². The van der Waals surface area contributed by atoms with Crippen molar-refractivity contribution >= 4 is 17.4 Å². The number of carbonyl (C=O) groups excluding carboxylic acids is 1. The largest absolute Gasteiger partial charge is 0.382 e. The molecule has 3 N–H and O–H groups in total. The Hall–Kier alpha value is -2.89. The lowest BCUT2D eigenvalue weighted by Gasteiger charge is -2.29. The van der Waals surface area contributed by atoms with Crippen LogP contribution in [0.2, 0.25) is 0 Å². The van der Waals surface area contributed by atoms with E-state index in [-0.39, 0.29) is 17.3 Å². The third kappa shape index (κ3) is 3.08. The van der Waals surface area contributed by atoms with Crippen molar-refractivity contribution < 1.29 is 9.53 Å². The Morgan fingerprint density at radius 1 is 1.50 bits per heavy atom. The Labute approximate surface area is 139 Å². The van der Waals surface area contributed by atoms with Crippen LogP contribution < -0.4 is 11.1 Å². The third-order valence-corrected chi connectivity index (χ3v) is 3.88. The Bertz CT molecular complexity index is 794.